The summed E-state index contributed by atoms with van der Waals surface area (Å²) in [4.78, 5) is 29.0. The normalized spacial score (nSPS) is 17.6. The third-order valence-corrected chi connectivity index (χ3v) is 3.94. The van der Waals surface area contributed by atoms with Gasteiger partial charge in [0.1, 0.15) is 12.3 Å². The molecule has 1 aliphatic rings. The number of anilines is 1. The summed E-state index contributed by atoms with van der Waals surface area (Å²) < 4.78 is 5.10. The minimum absolute atomic E-state index is 0.164. The van der Waals surface area contributed by atoms with Gasteiger partial charge in [-0.1, -0.05) is 0 Å². The monoisotopic (exact) mass is 313 g/mol. The Morgan fingerprint density at radius 3 is 2.52 bits per heavy atom. The highest BCUT2D eigenvalue weighted by Crippen LogP contribution is 2.24. The van der Waals surface area contributed by atoms with Gasteiger partial charge in [0.05, 0.1) is 19.2 Å². The minimum atomic E-state index is -0.367. The van der Waals surface area contributed by atoms with Gasteiger partial charge in [0, 0.05) is 17.7 Å². The number of hydrogen-bond acceptors (Lipinski definition) is 3. The van der Waals surface area contributed by atoms with Crippen molar-refractivity contribution in [1.29, 1.82) is 0 Å². The summed E-state index contributed by atoms with van der Waals surface area (Å²) in [5, 5.41) is 1.92. The second kappa shape index (κ2) is 6.58. The highest BCUT2D eigenvalue weighted by molar-refractivity contribution is 6.21. The third kappa shape index (κ3) is 3.22. The van der Waals surface area contributed by atoms with Crippen molar-refractivity contribution < 1.29 is 24.6 Å². The van der Waals surface area contributed by atoms with Gasteiger partial charge >= 0.3 is 0 Å². The molecule has 0 saturated carbocycles. The molecule has 23 heavy (non-hydrogen) atoms. The lowest BCUT2D eigenvalue weighted by Gasteiger charge is -2.14. The number of ether oxygens (including phenoxy) is 1. The van der Waals surface area contributed by atoms with E-state index in [9.17, 15) is 9.59 Å². The van der Waals surface area contributed by atoms with Crippen molar-refractivity contribution >= 4 is 17.5 Å². The average Bonchev–Trinajstić information content (AvgIpc) is 2.88. The Morgan fingerprint density at radius 2 is 1.87 bits per heavy atom. The van der Waals surface area contributed by atoms with Gasteiger partial charge in [-0.2, -0.15) is 0 Å². The maximum Gasteiger partial charge on any atom is 0.292 e. The number of carbonyl (C=O) groups is 2. The van der Waals surface area contributed by atoms with Crippen LogP contribution in [0.1, 0.15) is 12.0 Å². The van der Waals surface area contributed by atoms with Gasteiger partial charge in [-0.15, -0.1) is 0 Å². The summed E-state index contributed by atoms with van der Waals surface area (Å²) in [6.45, 7) is 0.662. The second-order valence-corrected chi connectivity index (χ2v) is 5.42. The lowest BCUT2D eigenvalue weighted by atomic mass is 10.2. The average molecular weight is 313 g/mol. The van der Waals surface area contributed by atoms with Crippen LogP contribution >= 0.6 is 0 Å². The largest absolute Gasteiger partial charge is 0.497 e. The number of imide groups is 1. The van der Waals surface area contributed by atoms with Crippen LogP contribution in [0.25, 0.3) is 0 Å². The zero-order valence-corrected chi connectivity index (χ0v) is 12.9. The van der Waals surface area contributed by atoms with Gasteiger partial charge in [0.2, 0.25) is 5.91 Å². The molecular formula is C17H19N3O3+2. The van der Waals surface area contributed by atoms with Gasteiger partial charge < -0.3 is 10.1 Å². The van der Waals surface area contributed by atoms with E-state index in [-0.39, 0.29) is 24.3 Å². The number of nitrogens with two attached hydrogens (primary N) is 1. The van der Waals surface area contributed by atoms with E-state index in [1.807, 2.05) is 29.8 Å². The van der Waals surface area contributed by atoms with Gasteiger partial charge in [-0.05, 0) is 24.3 Å². The molecule has 118 valence electrons. The first kappa shape index (κ1) is 15.2. The van der Waals surface area contributed by atoms with E-state index >= 15 is 0 Å². The van der Waals surface area contributed by atoms with Crippen molar-refractivity contribution in [3.05, 3.63) is 54.4 Å². The lowest BCUT2D eigenvalue weighted by Crippen LogP contribution is -2.90. The first-order valence-corrected chi connectivity index (χ1v) is 7.48. The van der Waals surface area contributed by atoms with Crippen molar-refractivity contribution in [2.45, 2.75) is 19.0 Å². The Kier molecular flexibility index (Phi) is 4.34. The summed E-state index contributed by atoms with van der Waals surface area (Å²) in [6, 6.07) is 10.5. The van der Waals surface area contributed by atoms with Gasteiger partial charge in [-0.3, -0.25) is 9.59 Å². The molecule has 1 aromatic heterocycles. The number of carbonyl (C=O) groups excluding carboxylic acids is 2. The number of nitrogens with one attached hydrogen (secondary N) is 1. The number of aromatic nitrogens is 1. The number of amides is 2. The van der Waals surface area contributed by atoms with Crippen molar-refractivity contribution in [3.63, 3.8) is 0 Å². The zero-order valence-electron chi connectivity index (χ0n) is 12.9. The molecule has 0 spiro atoms. The molecule has 0 radical (unpaired) electrons. The summed E-state index contributed by atoms with van der Waals surface area (Å²) in [6.07, 6.45) is 3.91. The summed E-state index contributed by atoms with van der Waals surface area (Å²) in [7, 11) is 1.58. The molecule has 6 nitrogen and oxygen atoms in total. The SMILES string of the molecule is COc1ccc(N2C(=O)CC([NH2+]Cc3cc[nH+]cc3)C2=O)cc1. The molecule has 1 fully saturated rings. The Bertz CT molecular complexity index is 701. The van der Waals surface area contributed by atoms with E-state index in [1.54, 1.807) is 31.4 Å². The van der Waals surface area contributed by atoms with Crippen LogP contribution in [0.5, 0.6) is 5.75 Å². The van der Waals surface area contributed by atoms with Crippen LogP contribution in [0, 0.1) is 0 Å². The molecule has 1 atom stereocenters. The van der Waals surface area contributed by atoms with E-state index in [1.165, 1.54) is 4.90 Å². The zero-order chi connectivity index (χ0) is 16.2. The molecule has 3 rings (SSSR count). The summed E-state index contributed by atoms with van der Waals surface area (Å²) >= 11 is 0. The van der Waals surface area contributed by atoms with Crippen LogP contribution in [-0.2, 0) is 16.1 Å². The number of quaternary nitrogens is 1. The number of benzene rings is 1. The van der Waals surface area contributed by atoms with E-state index in [2.05, 4.69) is 4.98 Å². The molecule has 1 aliphatic heterocycles. The van der Waals surface area contributed by atoms with Crippen molar-refractivity contribution in [2.24, 2.45) is 0 Å². The molecule has 0 aliphatic carbocycles. The molecule has 2 aromatic rings. The van der Waals surface area contributed by atoms with Crippen molar-refractivity contribution in [2.75, 3.05) is 12.0 Å². The number of pyridine rings is 1. The minimum Gasteiger partial charge on any atom is -0.497 e. The fraction of sp³-hybridized carbons (Fsp3) is 0.235. The maximum atomic E-state index is 12.5. The number of methoxy groups -OCH3 is 1. The summed E-state index contributed by atoms with van der Waals surface area (Å²) in [5.74, 6) is 0.363. The smallest absolute Gasteiger partial charge is 0.292 e. The van der Waals surface area contributed by atoms with Crippen LogP contribution in [0.4, 0.5) is 5.69 Å². The molecule has 0 bridgehead atoms. The van der Waals surface area contributed by atoms with Crippen LogP contribution < -0.4 is 19.9 Å². The standard InChI is InChI=1S/C17H17N3O3/c1-23-14-4-2-13(3-5-14)20-16(21)10-15(17(20)22)19-11-12-6-8-18-9-7-12/h2-9,15,19H,10-11H2,1H3/p+2. The third-order valence-electron chi connectivity index (χ3n) is 3.94. The first-order chi connectivity index (χ1) is 11.2. The topological polar surface area (TPSA) is 77.4 Å². The number of H-pyrrole nitrogens is 1. The molecular weight excluding hydrogens is 294 g/mol. The molecule has 1 aromatic carbocycles. The van der Waals surface area contributed by atoms with E-state index in [4.69, 9.17) is 4.74 Å². The molecule has 2 amide bonds. The molecule has 1 unspecified atom stereocenters. The molecule has 6 heteroatoms. The predicted molar refractivity (Wildman–Crippen MR) is 82.5 cm³/mol. The van der Waals surface area contributed by atoms with Crippen LogP contribution in [0.2, 0.25) is 0 Å². The highest BCUT2D eigenvalue weighted by Gasteiger charge is 2.42. The number of hydrogen-bond donors (Lipinski definition) is 1. The fourth-order valence-corrected chi connectivity index (χ4v) is 2.68. The van der Waals surface area contributed by atoms with Gasteiger partial charge in [-0.25, -0.2) is 9.88 Å². The van der Waals surface area contributed by atoms with Gasteiger partial charge in [0.25, 0.3) is 5.91 Å². The van der Waals surface area contributed by atoms with Crippen LogP contribution in [0.3, 0.4) is 0 Å². The Balaban J connectivity index is 1.69. The summed E-state index contributed by atoms with van der Waals surface area (Å²) in [5.41, 5.74) is 1.69. The van der Waals surface area contributed by atoms with E-state index < -0.39 is 0 Å². The van der Waals surface area contributed by atoms with Crippen molar-refractivity contribution in [1.82, 2.24) is 0 Å². The van der Waals surface area contributed by atoms with E-state index in [0.29, 0.717) is 18.0 Å². The van der Waals surface area contributed by atoms with Gasteiger partial charge in [0.15, 0.2) is 18.4 Å². The van der Waals surface area contributed by atoms with Crippen LogP contribution in [0.15, 0.2) is 48.8 Å². The van der Waals surface area contributed by atoms with E-state index in [0.717, 1.165) is 5.56 Å². The molecule has 1 saturated heterocycles. The predicted octanol–water partition coefficient (Wildman–Crippen LogP) is -0.0952. The quantitative estimate of drug-likeness (QED) is 0.783. The number of nitrogens with zero attached hydrogens (tertiary/aromatic N) is 1. The second-order valence-electron chi connectivity index (χ2n) is 5.42. The molecule has 3 N–H and O–H groups in total. The Labute approximate surface area is 134 Å². The first-order valence-electron chi connectivity index (χ1n) is 7.48. The fourth-order valence-electron chi connectivity index (χ4n) is 2.68. The van der Waals surface area contributed by atoms with Crippen molar-refractivity contribution in [3.8, 4) is 5.75 Å². The Morgan fingerprint density at radius 1 is 1.17 bits per heavy atom. The highest BCUT2D eigenvalue weighted by atomic mass is 16.5. The Hall–Kier alpha value is -2.73. The lowest BCUT2D eigenvalue weighted by molar-refractivity contribution is -0.690. The number of aromatic amines is 1. The molecule has 2 heterocycles. The number of rotatable bonds is 5. The maximum absolute atomic E-state index is 12.5. The van der Waals surface area contributed by atoms with Crippen LogP contribution in [-0.4, -0.2) is 25.0 Å².